The third-order valence-corrected chi connectivity index (χ3v) is 2.03. The van der Waals surface area contributed by atoms with Gasteiger partial charge in [-0.2, -0.15) is 0 Å². The number of hydrogen-bond acceptors (Lipinski definition) is 4. The molecule has 4 heteroatoms. The number of nitrogens with zero attached hydrogens (tertiary/aromatic N) is 1. The normalized spacial score (nSPS) is 9.47. The summed E-state index contributed by atoms with van der Waals surface area (Å²) in [6, 6.07) is 5.59. The molecule has 0 unspecified atom stereocenters. The first-order chi connectivity index (χ1) is 7.31. The van der Waals surface area contributed by atoms with Crippen molar-refractivity contribution < 1.29 is 14.3 Å². The van der Waals surface area contributed by atoms with Crippen LogP contribution in [0, 0.1) is 0 Å². The standard InChI is InChI=1S/C11H13NO3/c1-14-7-9-3-4-11(15-2)5-10(9)6-12-8-13/h3-5H,6-7H2,1-2H3. The fourth-order valence-corrected chi connectivity index (χ4v) is 1.29. The Hall–Kier alpha value is -1.64. The van der Waals surface area contributed by atoms with Gasteiger partial charge in [-0.25, -0.2) is 9.79 Å². The van der Waals surface area contributed by atoms with Gasteiger partial charge in [0.15, 0.2) is 0 Å². The summed E-state index contributed by atoms with van der Waals surface area (Å²) in [7, 11) is 3.22. The van der Waals surface area contributed by atoms with E-state index in [1.807, 2.05) is 18.2 Å². The Balaban J connectivity index is 2.98. The summed E-state index contributed by atoms with van der Waals surface area (Å²) in [6.45, 7) is 0.799. The largest absolute Gasteiger partial charge is 0.497 e. The lowest BCUT2D eigenvalue weighted by Gasteiger charge is -2.08. The molecule has 0 atom stereocenters. The average molecular weight is 207 g/mol. The van der Waals surface area contributed by atoms with Gasteiger partial charge < -0.3 is 9.47 Å². The van der Waals surface area contributed by atoms with Crippen molar-refractivity contribution in [3.8, 4) is 5.75 Å². The van der Waals surface area contributed by atoms with Crippen LogP contribution in [0.2, 0.25) is 0 Å². The molecular weight excluding hydrogens is 194 g/mol. The predicted octanol–water partition coefficient (Wildman–Crippen LogP) is 1.68. The van der Waals surface area contributed by atoms with Gasteiger partial charge in [0.1, 0.15) is 5.75 Å². The van der Waals surface area contributed by atoms with Gasteiger partial charge in [0.05, 0.1) is 20.3 Å². The molecule has 15 heavy (non-hydrogen) atoms. The summed E-state index contributed by atoms with van der Waals surface area (Å²) in [5.41, 5.74) is 1.91. The molecule has 0 fully saturated rings. The van der Waals surface area contributed by atoms with Crippen molar-refractivity contribution in [2.24, 2.45) is 4.99 Å². The van der Waals surface area contributed by atoms with Gasteiger partial charge in [0, 0.05) is 7.11 Å². The van der Waals surface area contributed by atoms with Crippen molar-refractivity contribution >= 4 is 6.08 Å². The molecule has 1 aromatic carbocycles. The van der Waals surface area contributed by atoms with Crippen molar-refractivity contribution in [1.82, 2.24) is 0 Å². The van der Waals surface area contributed by atoms with Crippen LogP contribution in [0.4, 0.5) is 0 Å². The van der Waals surface area contributed by atoms with E-state index >= 15 is 0 Å². The highest BCUT2D eigenvalue weighted by molar-refractivity contribution is 5.38. The fraction of sp³-hybridized carbons (Fsp3) is 0.364. The van der Waals surface area contributed by atoms with Gasteiger partial charge in [0.25, 0.3) is 0 Å². The number of ether oxygens (including phenoxy) is 2. The molecule has 0 heterocycles. The number of aliphatic imine (C=N–C) groups is 1. The van der Waals surface area contributed by atoms with E-state index in [0.29, 0.717) is 13.2 Å². The van der Waals surface area contributed by atoms with Crippen LogP contribution in [0.3, 0.4) is 0 Å². The lowest BCUT2D eigenvalue weighted by Crippen LogP contribution is -1.96. The van der Waals surface area contributed by atoms with Gasteiger partial charge >= 0.3 is 0 Å². The lowest BCUT2D eigenvalue weighted by molar-refractivity contribution is 0.184. The lowest BCUT2D eigenvalue weighted by atomic mass is 10.1. The maximum Gasteiger partial charge on any atom is 0.235 e. The smallest absolute Gasteiger partial charge is 0.235 e. The third kappa shape index (κ3) is 3.20. The molecule has 0 aliphatic carbocycles. The molecule has 0 amide bonds. The molecule has 0 saturated carbocycles. The van der Waals surface area contributed by atoms with Crippen molar-refractivity contribution in [3.05, 3.63) is 29.3 Å². The van der Waals surface area contributed by atoms with Crippen LogP contribution in [-0.2, 0) is 22.7 Å². The van der Waals surface area contributed by atoms with Crippen LogP contribution in [0.1, 0.15) is 11.1 Å². The Morgan fingerprint density at radius 3 is 2.73 bits per heavy atom. The Morgan fingerprint density at radius 1 is 1.33 bits per heavy atom. The number of hydrogen-bond donors (Lipinski definition) is 0. The van der Waals surface area contributed by atoms with Crippen molar-refractivity contribution in [1.29, 1.82) is 0 Å². The molecule has 0 aliphatic heterocycles. The van der Waals surface area contributed by atoms with Gasteiger partial charge in [-0.05, 0) is 23.3 Å². The minimum absolute atomic E-state index is 0.305. The highest BCUT2D eigenvalue weighted by Crippen LogP contribution is 2.19. The van der Waals surface area contributed by atoms with Crippen LogP contribution in [0.5, 0.6) is 5.75 Å². The van der Waals surface area contributed by atoms with E-state index in [1.54, 1.807) is 14.2 Å². The highest BCUT2D eigenvalue weighted by atomic mass is 16.5. The maximum atomic E-state index is 10.0. The molecule has 0 aliphatic rings. The molecule has 1 aromatic rings. The quantitative estimate of drug-likeness (QED) is 0.545. The van der Waals surface area contributed by atoms with Gasteiger partial charge in [-0.3, -0.25) is 0 Å². The Morgan fingerprint density at radius 2 is 2.13 bits per heavy atom. The number of carbonyl (C=O) groups excluding carboxylic acids is 1. The second-order valence-corrected chi connectivity index (χ2v) is 2.98. The Labute approximate surface area is 88.5 Å². The summed E-state index contributed by atoms with van der Waals surface area (Å²) in [5, 5.41) is 0. The molecule has 0 radical (unpaired) electrons. The Kier molecular flexibility index (Phi) is 4.54. The molecule has 0 N–H and O–H groups in total. The highest BCUT2D eigenvalue weighted by Gasteiger charge is 2.03. The average Bonchev–Trinajstić information content (AvgIpc) is 2.28. The van der Waals surface area contributed by atoms with Gasteiger partial charge in [-0.1, -0.05) is 6.07 Å². The molecule has 80 valence electrons. The summed E-state index contributed by atoms with van der Waals surface area (Å²) in [6.07, 6.45) is 1.52. The maximum absolute atomic E-state index is 10.0. The van der Waals surface area contributed by atoms with E-state index in [-0.39, 0.29) is 0 Å². The first kappa shape index (κ1) is 11.4. The van der Waals surface area contributed by atoms with Crippen LogP contribution < -0.4 is 4.74 Å². The van der Waals surface area contributed by atoms with Gasteiger partial charge in [-0.15, -0.1) is 0 Å². The van der Waals surface area contributed by atoms with Crippen molar-refractivity contribution in [2.75, 3.05) is 14.2 Å². The second kappa shape index (κ2) is 5.96. The topological polar surface area (TPSA) is 47.9 Å². The van der Waals surface area contributed by atoms with E-state index in [0.717, 1.165) is 16.9 Å². The summed E-state index contributed by atoms with van der Waals surface area (Å²) < 4.78 is 10.1. The molecular formula is C11H13NO3. The van der Waals surface area contributed by atoms with E-state index in [4.69, 9.17) is 9.47 Å². The molecule has 0 saturated heterocycles. The van der Waals surface area contributed by atoms with Gasteiger partial charge in [0.2, 0.25) is 6.08 Å². The molecule has 4 nitrogen and oxygen atoms in total. The fourth-order valence-electron chi connectivity index (χ4n) is 1.29. The van der Waals surface area contributed by atoms with Crippen LogP contribution >= 0.6 is 0 Å². The predicted molar refractivity (Wildman–Crippen MR) is 55.5 cm³/mol. The molecule has 1 rings (SSSR count). The van der Waals surface area contributed by atoms with Crippen molar-refractivity contribution in [2.45, 2.75) is 13.2 Å². The number of isocyanates is 1. The third-order valence-electron chi connectivity index (χ3n) is 2.03. The zero-order chi connectivity index (χ0) is 11.1. The van der Waals surface area contributed by atoms with Crippen LogP contribution in [0.25, 0.3) is 0 Å². The second-order valence-electron chi connectivity index (χ2n) is 2.98. The monoisotopic (exact) mass is 207 g/mol. The Bertz CT molecular complexity index is 370. The minimum Gasteiger partial charge on any atom is -0.497 e. The minimum atomic E-state index is 0.305. The van der Waals surface area contributed by atoms with E-state index in [2.05, 4.69) is 4.99 Å². The summed E-state index contributed by atoms with van der Waals surface area (Å²) in [5.74, 6) is 0.742. The zero-order valence-electron chi connectivity index (χ0n) is 8.82. The molecule has 0 bridgehead atoms. The summed E-state index contributed by atoms with van der Waals surface area (Å²) in [4.78, 5) is 13.6. The summed E-state index contributed by atoms with van der Waals surface area (Å²) >= 11 is 0. The van der Waals surface area contributed by atoms with Crippen LogP contribution in [-0.4, -0.2) is 20.3 Å². The van der Waals surface area contributed by atoms with E-state index < -0.39 is 0 Å². The van der Waals surface area contributed by atoms with E-state index in [1.165, 1.54) is 6.08 Å². The first-order valence-corrected chi connectivity index (χ1v) is 4.50. The first-order valence-electron chi connectivity index (χ1n) is 4.50. The van der Waals surface area contributed by atoms with Crippen molar-refractivity contribution in [3.63, 3.8) is 0 Å². The SMILES string of the molecule is COCc1ccc(OC)cc1CN=C=O. The van der Waals surface area contributed by atoms with E-state index in [9.17, 15) is 4.79 Å². The molecule has 0 spiro atoms. The number of benzene rings is 1. The molecule has 0 aromatic heterocycles. The zero-order valence-corrected chi connectivity index (χ0v) is 8.82. The van der Waals surface area contributed by atoms with Crippen LogP contribution in [0.15, 0.2) is 23.2 Å². The number of rotatable bonds is 5. The number of methoxy groups -OCH3 is 2.